The van der Waals surface area contributed by atoms with E-state index in [1.807, 2.05) is 11.4 Å². The topological polar surface area (TPSA) is 82.6 Å². The number of carbonyl (C=O) groups is 1. The molecule has 0 aliphatic heterocycles. The Balaban J connectivity index is 1.79. The Labute approximate surface area is 166 Å². The first-order valence-corrected chi connectivity index (χ1v) is 9.89. The van der Waals surface area contributed by atoms with E-state index >= 15 is 0 Å². The van der Waals surface area contributed by atoms with Crippen LogP contribution in [0.15, 0.2) is 23.6 Å². The lowest BCUT2D eigenvalue weighted by Crippen LogP contribution is -2.28. The van der Waals surface area contributed by atoms with Crippen molar-refractivity contribution in [2.75, 3.05) is 26.6 Å². The molecule has 2 aromatic heterocycles. The first kappa shape index (κ1) is 18.5. The molecule has 1 aliphatic carbocycles. The Morgan fingerprint density at radius 1 is 1.11 bits per heavy atom. The Kier molecular flexibility index (Phi) is 5.04. The van der Waals surface area contributed by atoms with Gasteiger partial charge in [0.25, 0.3) is 0 Å². The minimum absolute atomic E-state index is 0.217. The monoisotopic (exact) mass is 399 g/mol. The number of hydrogen-bond acceptors (Lipinski definition) is 8. The highest BCUT2D eigenvalue weighted by molar-refractivity contribution is 7.17. The van der Waals surface area contributed by atoms with Crippen LogP contribution in [-0.4, -0.2) is 43.1 Å². The smallest absolute Gasteiger partial charge is 0.224 e. The van der Waals surface area contributed by atoms with E-state index < -0.39 is 0 Å². The Morgan fingerprint density at radius 2 is 1.82 bits per heavy atom. The van der Waals surface area contributed by atoms with Crippen molar-refractivity contribution in [1.29, 1.82) is 0 Å². The van der Waals surface area contributed by atoms with E-state index in [1.54, 1.807) is 12.1 Å². The molecule has 0 unspecified atom stereocenters. The molecule has 2 heterocycles. The van der Waals surface area contributed by atoms with Crippen molar-refractivity contribution in [3.63, 3.8) is 0 Å². The number of thiophene rings is 1. The van der Waals surface area contributed by atoms with Crippen LogP contribution in [0.3, 0.4) is 0 Å². The second kappa shape index (κ2) is 7.63. The molecule has 146 valence electrons. The van der Waals surface area contributed by atoms with Crippen LogP contribution in [0.2, 0.25) is 0 Å². The van der Waals surface area contributed by atoms with Gasteiger partial charge < -0.3 is 19.5 Å². The standard InChI is InChI=1S/C20H21N3O4S/c1-25-14-9-11(10-15(26-2)18(14)27-3)17(24)16-19-13(7-8-28-19)22-20(23-16)21-12-5-4-6-12/h7-10,12H,4-6H2,1-3H3,(H,21,22,23). The largest absolute Gasteiger partial charge is 0.493 e. The number of nitrogens with one attached hydrogen (secondary N) is 1. The maximum Gasteiger partial charge on any atom is 0.224 e. The molecule has 3 aromatic rings. The maximum atomic E-state index is 13.4. The summed E-state index contributed by atoms with van der Waals surface area (Å²) in [5.41, 5.74) is 1.55. The van der Waals surface area contributed by atoms with Crippen molar-refractivity contribution >= 4 is 33.3 Å². The highest BCUT2D eigenvalue weighted by atomic mass is 32.1. The van der Waals surface area contributed by atoms with E-state index in [2.05, 4.69) is 15.3 Å². The van der Waals surface area contributed by atoms with E-state index in [0.717, 1.165) is 23.1 Å². The minimum atomic E-state index is -0.217. The van der Waals surface area contributed by atoms with Gasteiger partial charge in [-0.3, -0.25) is 4.79 Å². The third kappa shape index (κ3) is 3.24. The minimum Gasteiger partial charge on any atom is -0.493 e. The van der Waals surface area contributed by atoms with Crippen LogP contribution < -0.4 is 19.5 Å². The molecule has 1 saturated carbocycles. The van der Waals surface area contributed by atoms with Gasteiger partial charge in [-0.05, 0) is 42.8 Å². The average molecular weight is 399 g/mol. The zero-order chi connectivity index (χ0) is 19.7. The van der Waals surface area contributed by atoms with Gasteiger partial charge in [-0.2, -0.15) is 0 Å². The van der Waals surface area contributed by atoms with Gasteiger partial charge in [0.05, 0.1) is 31.5 Å². The lowest BCUT2D eigenvalue weighted by molar-refractivity contribution is 0.103. The average Bonchev–Trinajstić information content (AvgIpc) is 3.16. The molecule has 0 bridgehead atoms. The SMILES string of the molecule is COc1cc(C(=O)c2nc(NC3CCC3)nc3ccsc23)cc(OC)c1OC. The van der Waals surface area contributed by atoms with Crippen LogP contribution in [0.25, 0.3) is 10.2 Å². The van der Waals surface area contributed by atoms with Gasteiger partial charge in [-0.1, -0.05) is 0 Å². The maximum absolute atomic E-state index is 13.4. The number of ether oxygens (including phenoxy) is 3. The normalized spacial score (nSPS) is 13.8. The molecule has 7 nitrogen and oxygen atoms in total. The quantitative estimate of drug-likeness (QED) is 0.603. The summed E-state index contributed by atoms with van der Waals surface area (Å²) in [5, 5.41) is 5.25. The summed E-state index contributed by atoms with van der Waals surface area (Å²) >= 11 is 1.45. The van der Waals surface area contributed by atoms with Crippen LogP contribution >= 0.6 is 11.3 Å². The van der Waals surface area contributed by atoms with Crippen LogP contribution in [0, 0.1) is 0 Å². The van der Waals surface area contributed by atoms with Crippen LogP contribution in [0.4, 0.5) is 5.95 Å². The lowest BCUT2D eigenvalue weighted by Gasteiger charge is -2.26. The zero-order valence-corrected chi connectivity index (χ0v) is 16.8. The zero-order valence-electron chi connectivity index (χ0n) is 15.9. The molecular formula is C20H21N3O4S. The number of methoxy groups -OCH3 is 3. The summed E-state index contributed by atoms with van der Waals surface area (Å²) in [4.78, 5) is 22.5. The van der Waals surface area contributed by atoms with Crippen molar-refractivity contribution < 1.29 is 19.0 Å². The second-order valence-electron chi connectivity index (χ2n) is 6.55. The van der Waals surface area contributed by atoms with Gasteiger partial charge in [0, 0.05) is 11.6 Å². The fourth-order valence-corrected chi connectivity index (χ4v) is 3.98. The number of carbonyl (C=O) groups excluding carboxylic acids is 1. The molecule has 1 aliphatic rings. The van der Waals surface area contributed by atoms with E-state index in [1.165, 1.54) is 39.1 Å². The van der Waals surface area contributed by atoms with Crippen molar-refractivity contribution in [2.45, 2.75) is 25.3 Å². The van der Waals surface area contributed by atoms with E-state index in [0.29, 0.717) is 40.5 Å². The van der Waals surface area contributed by atoms with Crippen LogP contribution in [0.1, 0.15) is 35.3 Å². The highest BCUT2D eigenvalue weighted by Crippen LogP contribution is 2.39. The fraction of sp³-hybridized carbons (Fsp3) is 0.350. The van der Waals surface area contributed by atoms with Gasteiger partial charge in [-0.25, -0.2) is 9.97 Å². The summed E-state index contributed by atoms with van der Waals surface area (Å²) < 4.78 is 16.9. The number of fused-ring (bicyclic) bond motifs is 1. The van der Waals surface area contributed by atoms with Gasteiger partial charge in [0.1, 0.15) is 5.69 Å². The molecule has 8 heteroatoms. The molecule has 1 N–H and O–H groups in total. The third-order valence-electron chi connectivity index (χ3n) is 4.88. The molecule has 0 spiro atoms. The molecule has 0 atom stereocenters. The van der Waals surface area contributed by atoms with Crippen molar-refractivity contribution in [3.05, 3.63) is 34.8 Å². The van der Waals surface area contributed by atoms with Crippen molar-refractivity contribution in [1.82, 2.24) is 9.97 Å². The van der Waals surface area contributed by atoms with Crippen molar-refractivity contribution in [2.24, 2.45) is 0 Å². The molecule has 28 heavy (non-hydrogen) atoms. The van der Waals surface area contributed by atoms with Gasteiger partial charge in [0.15, 0.2) is 11.5 Å². The molecule has 0 radical (unpaired) electrons. The molecular weight excluding hydrogens is 378 g/mol. The molecule has 0 amide bonds. The first-order valence-electron chi connectivity index (χ1n) is 9.01. The highest BCUT2D eigenvalue weighted by Gasteiger charge is 2.24. The predicted octanol–water partition coefficient (Wildman–Crippen LogP) is 3.91. The van der Waals surface area contributed by atoms with Crippen LogP contribution in [0.5, 0.6) is 17.2 Å². The number of benzene rings is 1. The number of aromatic nitrogens is 2. The Bertz CT molecular complexity index is 1000. The second-order valence-corrected chi connectivity index (χ2v) is 7.46. The number of nitrogens with zero attached hydrogens (tertiary/aromatic N) is 2. The first-order chi connectivity index (χ1) is 13.6. The van der Waals surface area contributed by atoms with Gasteiger partial charge in [-0.15, -0.1) is 11.3 Å². The number of hydrogen-bond donors (Lipinski definition) is 1. The summed E-state index contributed by atoms with van der Waals surface area (Å²) in [5.74, 6) is 1.57. The van der Waals surface area contributed by atoms with E-state index in [9.17, 15) is 4.79 Å². The van der Waals surface area contributed by atoms with Crippen molar-refractivity contribution in [3.8, 4) is 17.2 Å². The van der Waals surface area contributed by atoms with E-state index in [4.69, 9.17) is 14.2 Å². The number of rotatable bonds is 7. The molecule has 0 saturated heterocycles. The van der Waals surface area contributed by atoms with Gasteiger partial charge >= 0.3 is 0 Å². The number of ketones is 1. The molecule has 1 fully saturated rings. The summed E-state index contributed by atoms with van der Waals surface area (Å²) in [6.07, 6.45) is 3.40. The number of anilines is 1. The predicted molar refractivity (Wildman–Crippen MR) is 108 cm³/mol. The fourth-order valence-electron chi connectivity index (χ4n) is 3.17. The van der Waals surface area contributed by atoms with Gasteiger partial charge in [0.2, 0.25) is 17.5 Å². The molecule has 1 aromatic carbocycles. The summed E-state index contributed by atoms with van der Waals surface area (Å²) in [7, 11) is 4.57. The molecule has 4 rings (SSSR count). The lowest BCUT2D eigenvalue weighted by atomic mass is 9.93. The van der Waals surface area contributed by atoms with Crippen LogP contribution in [-0.2, 0) is 0 Å². The summed E-state index contributed by atoms with van der Waals surface area (Å²) in [6.45, 7) is 0. The van der Waals surface area contributed by atoms with E-state index in [-0.39, 0.29) is 5.78 Å². The third-order valence-corrected chi connectivity index (χ3v) is 5.79. The Hall–Kier alpha value is -2.87. The Morgan fingerprint density at radius 3 is 2.39 bits per heavy atom. The summed E-state index contributed by atoms with van der Waals surface area (Å²) in [6, 6.07) is 5.56.